The summed E-state index contributed by atoms with van der Waals surface area (Å²) in [5.74, 6) is -2.05. The number of carboxylic acids is 1. The number of sulfonamides is 1. The number of nitrogens with one attached hydrogen (secondary N) is 1. The van der Waals surface area contributed by atoms with Gasteiger partial charge in [0.15, 0.2) is 0 Å². The van der Waals surface area contributed by atoms with Gasteiger partial charge in [-0.15, -0.1) is 0 Å². The molecular weight excluding hydrogens is 274 g/mol. The molecule has 0 aliphatic carbocycles. The average molecular weight is 295 g/mol. The van der Waals surface area contributed by atoms with Gasteiger partial charge in [-0.1, -0.05) is 20.8 Å². The molecule has 0 aliphatic rings. The van der Waals surface area contributed by atoms with Crippen LogP contribution in [0.15, 0.2) is 0 Å². The summed E-state index contributed by atoms with van der Waals surface area (Å²) in [7, 11) is -2.53. The van der Waals surface area contributed by atoms with E-state index in [1.165, 1.54) is 7.11 Å². The van der Waals surface area contributed by atoms with Crippen LogP contribution < -0.4 is 4.72 Å². The lowest BCUT2D eigenvalue weighted by atomic mass is 9.88. The van der Waals surface area contributed by atoms with Crippen molar-refractivity contribution in [3.05, 3.63) is 0 Å². The first kappa shape index (κ1) is 17.8. The second-order valence-corrected chi connectivity index (χ2v) is 7.13. The minimum Gasteiger partial charge on any atom is -0.480 e. The smallest absolute Gasteiger partial charge is 0.322 e. The van der Waals surface area contributed by atoms with Crippen LogP contribution in [0.5, 0.6) is 0 Å². The lowest BCUT2D eigenvalue weighted by molar-refractivity contribution is -0.142. The van der Waals surface area contributed by atoms with Crippen LogP contribution in [0.1, 0.15) is 33.6 Å². The first-order valence-electron chi connectivity index (χ1n) is 5.79. The van der Waals surface area contributed by atoms with Crippen LogP contribution in [0.4, 0.5) is 0 Å². The molecule has 0 spiro atoms. The highest BCUT2D eigenvalue weighted by Gasteiger charge is 2.34. The number of aliphatic carboxylic acids is 1. The molecule has 19 heavy (non-hydrogen) atoms. The summed E-state index contributed by atoms with van der Waals surface area (Å²) in [6.45, 7) is 4.88. The van der Waals surface area contributed by atoms with Gasteiger partial charge in [0.25, 0.3) is 0 Å². The molecule has 0 bridgehead atoms. The third kappa shape index (κ3) is 7.12. The maximum absolute atomic E-state index is 11.7. The van der Waals surface area contributed by atoms with Crippen molar-refractivity contribution in [1.82, 2.24) is 4.72 Å². The summed E-state index contributed by atoms with van der Waals surface area (Å²) in [5, 5.41) is 9.02. The monoisotopic (exact) mass is 295 g/mol. The van der Waals surface area contributed by atoms with Gasteiger partial charge >= 0.3 is 11.9 Å². The van der Waals surface area contributed by atoms with Crippen molar-refractivity contribution in [1.29, 1.82) is 0 Å². The van der Waals surface area contributed by atoms with Crippen LogP contribution in [-0.2, 0) is 24.3 Å². The van der Waals surface area contributed by atoms with Gasteiger partial charge in [0.05, 0.1) is 12.9 Å². The Morgan fingerprint density at radius 1 is 1.32 bits per heavy atom. The van der Waals surface area contributed by atoms with Gasteiger partial charge in [-0.25, -0.2) is 13.1 Å². The molecule has 0 heterocycles. The lowest BCUT2D eigenvalue weighted by Crippen LogP contribution is -2.49. The van der Waals surface area contributed by atoms with Crippen LogP contribution in [0.3, 0.4) is 0 Å². The number of hydrogen-bond donors (Lipinski definition) is 2. The summed E-state index contributed by atoms with van der Waals surface area (Å²) in [5.41, 5.74) is -0.749. The molecule has 0 rings (SSSR count). The van der Waals surface area contributed by atoms with Crippen molar-refractivity contribution in [2.45, 2.75) is 39.7 Å². The van der Waals surface area contributed by atoms with Crippen LogP contribution in [-0.4, -0.2) is 44.4 Å². The molecule has 0 fully saturated rings. The maximum Gasteiger partial charge on any atom is 0.322 e. The van der Waals surface area contributed by atoms with Crippen molar-refractivity contribution in [3.63, 3.8) is 0 Å². The van der Waals surface area contributed by atoms with Crippen molar-refractivity contribution < 1.29 is 27.9 Å². The fraction of sp³-hybridized carbons (Fsp3) is 0.818. The molecule has 8 heteroatoms. The maximum atomic E-state index is 11.7. The number of esters is 1. The lowest BCUT2D eigenvalue weighted by Gasteiger charge is -2.27. The van der Waals surface area contributed by atoms with E-state index in [1.54, 1.807) is 20.8 Å². The average Bonchev–Trinajstić information content (AvgIpc) is 2.23. The van der Waals surface area contributed by atoms with Gasteiger partial charge in [-0.2, -0.15) is 0 Å². The Morgan fingerprint density at radius 3 is 2.21 bits per heavy atom. The van der Waals surface area contributed by atoms with Crippen molar-refractivity contribution >= 4 is 22.0 Å². The summed E-state index contributed by atoms with van der Waals surface area (Å²) in [6, 6.07) is -1.21. The van der Waals surface area contributed by atoms with E-state index in [1.807, 2.05) is 0 Å². The predicted molar refractivity (Wildman–Crippen MR) is 69.1 cm³/mol. The van der Waals surface area contributed by atoms with E-state index in [9.17, 15) is 18.0 Å². The molecule has 112 valence electrons. The molecule has 0 saturated carbocycles. The number of carboxylic acid groups (broad SMARTS) is 1. The predicted octanol–water partition coefficient (Wildman–Crippen LogP) is 0.358. The highest BCUT2D eigenvalue weighted by atomic mass is 32.2. The minimum atomic E-state index is -3.75. The normalized spacial score (nSPS) is 13.9. The van der Waals surface area contributed by atoms with Gasteiger partial charge in [0.1, 0.15) is 6.04 Å². The van der Waals surface area contributed by atoms with Crippen LogP contribution in [0, 0.1) is 5.41 Å². The molecule has 1 atom stereocenters. The van der Waals surface area contributed by atoms with E-state index < -0.39 is 33.4 Å². The Hall–Kier alpha value is -1.15. The number of methoxy groups -OCH3 is 1. The van der Waals surface area contributed by atoms with Crippen LogP contribution >= 0.6 is 0 Å². The zero-order valence-electron chi connectivity index (χ0n) is 11.6. The second kappa shape index (κ2) is 6.85. The fourth-order valence-corrected chi connectivity index (χ4v) is 2.80. The van der Waals surface area contributed by atoms with E-state index in [0.29, 0.717) is 0 Å². The molecule has 0 amide bonds. The van der Waals surface area contributed by atoms with E-state index in [0.717, 1.165) is 0 Å². The van der Waals surface area contributed by atoms with Gasteiger partial charge in [-0.3, -0.25) is 9.59 Å². The number of hydrogen-bond acceptors (Lipinski definition) is 5. The standard InChI is InChI=1S/C11H21NO6S/c1-11(2,3)9(10(14)15)12-19(16,17)7-5-6-8(13)18-4/h9,12H,5-7H2,1-4H3,(H,14,15)/t9-/m1/s1. The minimum absolute atomic E-state index is 0.0231. The third-order valence-corrected chi connectivity index (χ3v) is 3.85. The van der Waals surface area contributed by atoms with E-state index in [2.05, 4.69) is 9.46 Å². The summed E-state index contributed by atoms with van der Waals surface area (Å²) in [6.07, 6.45) is 0.0587. The van der Waals surface area contributed by atoms with Gasteiger partial charge in [0.2, 0.25) is 10.0 Å². The molecule has 0 aliphatic heterocycles. The van der Waals surface area contributed by atoms with Gasteiger partial charge in [-0.05, 0) is 11.8 Å². The number of ether oxygens (including phenoxy) is 1. The molecule has 0 radical (unpaired) electrons. The molecule has 7 nitrogen and oxygen atoms in total. The van der Waals surface area contributed by atoms with E-state index in [4.69, 9.17) is 5.11 Å². The number of carbonyl (C=O) groups excluding carboxylic acids is 1. The highest BCUT2D eigenvalue weighted by Crippen LogP contribution is 2.20. The number of carbonyl (C=O) groups is 2. The highest BCUT2D eigenvalue weighted by molar-refractivity contribution is 7.89. The Kier molecular flexibility index (Phi) is 6.44. The fourth-order valence-electron chi connectivity index (χ4n) is 1.34. The zero-order chi connectivity index (χ0) is 15.3. The molecule has 0 aromatic carbocycles. The Bertz CT molecular complexity index is 423. The van der Waals surface area contributed by atoms with Crippen molar-refractivity contribution in [2.24, 2.45) is 5.41 Å². The zero-order valence-corrected chi connectivity index (χ0v) is 12.4. The van der Waals surface area contributed by atoms with Gasteiger partial charge in [0, 0.05) is 6.42 Å². The van der Waals surface area contributed by atoms with Crippen molar-refractivity contribution in [2.75, 3.05) is 12.9 Å². The van der Waals surface area contributed by atoms with Crippen LogP contribution in [0.2, 0.25) is 0 Å². The first-order chi connectivity index (χ1) is 8.49. The molecule has 0 aromatic rings. The number of rotatable bonds is 7. The largest absolute Gasteiger partial charge is 0.480 e. The van der Waals surface area contributed by atoms with Crippen LogP contribution in [0.25, 0.3) is 0 Å². The first-order valence-corrected chi connectivity index (χ1v) is 7.44. The molecule has 0 aromatic heterocycles. The topological polar surface area (TPSA) is 110 Å². The Morgan fingerprint density at radius 2 is 1.84 bits per heavy atom. The molecule has 0 saturated heterocycles. The Labute approximate surface area is 113 Å². The van der Waals surface area contributed by atoms with E-state index >= 15 is 0 Å². The second-order valence-electron chi connectivity index (χ2n) is 5.25. The quantitative estimate of drug-likeness (QED) is 0.656. The Balaban J connectivity index is 4.58. The van der Waals surface area contributed by atoms with Crippen molar-refractivity contribution in [3.8, 4) is 0 Å². The molecule has 0 unspecified atom stereocenters. The summed E-state index contributed by atoms with van der Waals surface area (Å²) in [4.78, 5) is 21.9. The molecule has 2 N–H and O–H groups in total. The van der Waals surface area contributed by atoms with Gasteiger partial charge < -0.3 is 9.84 Å². The van der Waals surface area contributed by atoms with E-state index in [-0.39, 0.29) is 18.6 Å². The molecular formula is C11H21NO6S. The SMILES string of the molecule is COC(=O)CCCS(=O)(=O)N[C@H](C(=O)O)C(C)(C)C. The summed E-state index contributed by atoms with van der Waals surface area (Å²) < 4.78 is 30.0. The third-order valence-electron chi connectivity index (χ3n) is 2.43. The summed E-state index contributed by atoms with van der Waals surface area (Å²) >= 11 is 0.